The molecular formula is C21H20ClF3N4O2. The van der Waals surface area contributed by atoms with Crippen molar-refractivity contribution in [3.05, 3.63) is 63.0 Å². The second-order valence-electron chi connectivity index (χ2n) is 7.78. The number of aromatic nitrogens is 3. The molecule has 1 saturated carbocycles. The summed E-state index contributed by atoms with van der Waals surface area (Å²) in [5, 5.41) is 2.90. The highest BCUT2D eigenvalue weighted by Gasteiger charge is 2.26. The average molecular weight is 453 g/mol. The number of halogens is 4. The van der Waals surface area contributed by atoms with Crippen molar-refractivity contribution in [2.45, 2.75) is 44.7 Å². The van der Waals surface area contributed by atoms with Crippen molar-refractivity contribution in [2.75, 3.05) is 0 Å². The molecule has 0 bridgehead atoms. The van der Waals surface area contributed by atoms with Crippen LogP contribution in [0.4, 0.5) is 13.2 Å². The van der Waals surface area contributed by atoms with Gasteiger partial charge >= 0.3 is 5.69 Å². The summed E-state index contributed by atoms with van der Waals surface area (Å²) in [6.07, 6.45) is 0.945. The van der Waals surface area contributed by atoms with E-state index in [1.807, 2.05) is 0 Å². The lowest BCUT2D eigenvalue weighted by molar-refractivity contribution is 0.0904. The zero-order chi connectivity index (χ0) is 22.1. The molecule has 6 nitrogen and oxygen atoms in total. The number of aromatic amines is 1. The van der Waals surface area contributed by atoms with Crippen LogP contribution in [-0.4, -0.2) is 26.5 Å². The number of carbonyl (C=O) groups is 1. The number of imidazole rings is 1. The summed E-state index contributed by atoms with van der Waals surface area (Å²) in [5.74, 6) is -0.861. The standard InChI is InChI=1S/C21H20ClF3N4O2/c22-12-7-15(18(19(24)25)26-9-12)20(30)27-14-4-1-11(2-5-14)10-29-17-8-13(23)3-6-16(17)28-21(29)31/h3,6-9,11,14,19H,1-2,4-5,10H2,(H,27,30)(H,28,31)/t11-,14-. The lowest BCUT2D eigenvalue weighted by Gasteiger charge is -2.29. The third-order valence-corrected chi connectivity index (χ3v) is 5.90. The summed E-state index contributed by atoms with van der Waals surface area (Å²) < 4.78 is 41.4. The molecule has 1 fully saturated rings. The highest BCUT2D eigenvalue weighted by Crippen LogP contribution is 2.28. The molecular weight excluding hydrogens is 433 g/mol. The highest BCUT2D eigenvalue weighted by molar-refractivity contribution is 6.30. The fourth-order valence-corrected chi connectivity index (χ4v) is 4.28. The molecule has 0 atom stereocenters. The molecule has 1 amide bonds. The van der Waals surface area contributed by atoms with Crippen molar-refractivity contribution in [3.63, 3.8) is 0 Å². The van der Waals surface area contributed by atoms with Gasteiger partial charge in [0.15, 0.2) is 0 Å². The number of fused-ring (bicyclic) bond motifs is 1. The number of nitrogens with one attached hydrogen (secondary N) is 2. The molecule has 0 saturated heterocycles. The first-order valence-corrected chi connectivity index (χ1v) is 10.3. The van der Waals surface area contributed by atoms with Crippen LogP contribution in [0.25, 0.3) is 11.0 Å². The van der Waals surface area contributed by atoms with Gasteiger partial charge in [-0.1, -0.05) is 11.6 Å². The van der Waals surface area contributed by atoms with Crippen LogP contribution in [-0.2, 0) is 6.54 Å². The van der Waals surface area contributed by atoms with E-state index in [9.17, 15) is 22.8 Å². The number of alkyl halides is 2. The minimum Gasteiger partial charge on any atom is -0.349 e. The monoisotopic (exact) mass is 452 g/mol. The topological polar surface area (TPSA) is 79.8 Å². The minimum absolute atomic E-state index is 0.110. The number of pyridine rings is 1. The third-order valence-electron chi connectivity index (χ3n) is 5.70. The van der Waals surface area contributed by atoms with E-state index < -0.39 is 23.8 Å². The molecule has 164 valence electrons. The zero-order valence-corrected chi connectivity index (χ0v) is 17.1. The highest BCUT2D eigenvalue weighted by atomic mass is 35.5. The van der Waals surface area contributed by atoms with Gasteiger partial charge in [0.25, 0.3) is 12.3 Å². The van der Waals surface area contributed by atoms with E-state index in [0.717, 1.165) is 19.0 Å². The van der Waals surface area contributed by atoms with E-state index in [0.29, 0.717) is 30.4 Å². The molecule has 3 aromatic rings. The van der Waals surface area contributed by atoms with Crippen LogP contribution >= 0.6 is 11.6 Å². The summed E-state index contributed by atoms with van der Waals surface area (Å²) >= 11 is 5.82. The Morgan fingerprint density at radius 2 is 2.00 bits per heavy atom. The Morgan fingerprint density at radius 1 is 1.26 bits per heavy atom. The summed E-state index contributed by atoms with van der Waals surface area (Å²) in [6, 6.07) is 5.18. The third kappa shape index (κ3) is 4.61. The number of amides is 1. The first-order chi connectivity index (χ1) is 14.8. The predicted molar refractivity (Wildman–Crippen MR) is 110 cm³/mol. The van der Waals surface area contributed by atoms with E-state index >= 15 is 0 Å². The van der Waals surface area contributed by atoms with E-state index in [4.69, 9.17) is 11.6 Å². The Kier molecular flexibility index (Phi) is 6.04. The van der Waals surface area contributed by atoms with Crippen molar-refractivity contribution in [1.29, 1.82) is 0 Å². The van der Waals surface area contributed by atoms with Crippen molar-refractivity contribution in [1.82, 2.24) is 19.9 Å². The lowest BCUT2D eigenvalue weighted by atomic mass is 9.85. The van der Waals surface area contributed by atoms with Gasteiger partial charge in [-0.25, -0.2) is 18.0 Å². The van der Waals surface area contributed by atoms with Crippen LogP contribution in [0.2, 0.25) is 5.02 Å². The Balaban J connectivity index is 1.39. The number of rotatable bonds is 5. The number of benzene rings is 1. The van der Waals surface area contributed by atoms with Gasteiger partial charge in [-0.2, -0.15) is 0 Å². The van der Waals surface area contributed by atoms with Crippen LogP contribution in [0.5, 0.6) is 0 Å². The van der Waals surface area contributed by atoms with E-state index in [1.54, 1.807) is 0 Å². The summed E-state index contributed by atoms with van der Waals surface area (Å²) in [6.45, 7) is 0.441. The van der Waals surface area contributed by atoms with E-state index in [2.05, 4.69) is 15.3 Å². The Labute approximate surface area is 180 Å². The van der Waals surface area contributed by atoms with Gasteiger partial charge in [-0.05, 0) is 55.9 Å². The Morgan fingerprint density at radius 3 is 2.71 bits per heavy atom. The van der Waals surface area contributed by atoms with Gasteiger partial charge in [0.05, 0.1) is 21.6 Å². The molecule has 31 heavy (non-hydrogen) atoms. The summed E-state index contributed by atoms with van der Waals surface area (Å²) in [4.78, 5) is 31.1. The van der Waals surface area contributed by atoms with Crippen molar-refractivity contribution < 1.29 is 18.0 Å². The first kappa shape index (κ1) is 21.4. The molecule has 1 aliphatic rings. The van der Waals surface area contributed by atoms with Crippen LogP contribution in [0, 0.1) is 11.7 Å². The smallest absolute Gasteiger partial charge is 0.326 e. The minimum atomic E-state index is -2.88. The van der Waals surface area contributed by atoms with E-state index in [-0.39, 0.29) is 28.2 Å². The molecule has 0 radical (unpaired) electrons. The maximum atomic E-state index is 13.6. The maximum Gasteiger partial charge on any atom is 0.326 e. The van der Waals surface area contributed by atoms with Crippen LogP contribution in [0.3, 0.4) is 0 Å². The molecule has 0 spiro atoms. The quantitative estimate of drug-likeness (QED) is 0.600. The zero-order valence-electron chi connectivity index (χ0n) is 16.4. The maximum absolute atomic E-state index is 13.6. The molecule has 1 aromatic carbocycles. The van der Waals surface area contributed by atoms with Crippen LogP contribution in [0.15, 0.2) is 35.3 Å². The number of nitrogens with zero attached hydrogens (tertiary/aromatic N) is 2. The van der Waals surface area contributed by atoms with Crippen molar-refractivity contribution in [2.24, 2.45) is 5.92 Å². The number of hydrogen-bond donors (Lipinski definition) is 2. The largest absolute Gasteiger partial charge is 0.349 e. The van der Waals surface area contributed by atoms with E-state index in [1.165, 1.54) is 28.8 Å². The Hall–Kier alpha value is -2.81. The molecule has 0 unspecified atom stereocenters. The van der Waals surface area contributed by atoms with Gasteiger partial charge in [0.2, 0.25) is 0 Å². The second kappa shape index (κ2) is 8.74. The fraction of sp³-hybridized carbons (Fsp3) is 0.381. The molecule has 2 N–H and O–H groups in total. The number of carbonyl (C=O) groups excluding carboxylic acids is 1. The van der Waals surface area contributed by atoms with Gasteiger partial charge in [0.1, 0.15) is 11.5 Å². The Bertz CT molecular complexity index is 1170. The number of hydrogen-bond acceptors (Lipinski definition) is 3. The van der Waals surface area contributed by atoms with Crippen molar-refractivity contribution in [3.8, 4) is 0 Å². The second-order valence-corrected chi connectivity index (χ2v) is 8.22. The fourth-order valence-electron chi connectivity index (χ4n) is 4.12. The molecule has 4 rings (SSSR count). The van der Waals surface area contributed by atoms with Gasteiger partial charge in [0, 0.05) is 18.8 Å². The van der Waals surface area contributed by atoms with Crippen LogP contribution < -0.4 is 11.0 Å². The molecule has 0 aliphatic heterocycles. The first-order valence-electron chi connectivity index (χ1n) is 9.94. The van der Waals surface area contributed by atoms with Crippen molar-refractivity contribution >= 4 is 28.5 Å². The number of H-pyrrole nitrogens is 1. The SMILES string of the molecule is O=C(N[C@H]1CC[C@H](Cn2c(=O)[nH]c3ccc(F)cc32)CC1)c1cc(Cl)cnc1C(F)F. The molecule has 10 heteroatoms. The van der Waals surface area contributed by atoms with Gasteiger partial charge < -0.3 is 10.3 Å². The summed E-state index contributed by atoms with van der Waals surface area (Å²) in [5.41, 5.74) is -0.00624. The average Bonchev–Trinajstić information content (AvgIpc) is 3.03. The molecule has 1 aliphatic carbocycles. The lowest BCUT2D eigenvalue weighted by Crippen LogP contribution is -2.39. The molecule has 2 heterocycles. The summed E-state index contributed by atoms with van der Waals surface area (Å²) in [7, 11) is 0. The van der Waals surface area contributed by atoms with Gasteiger partial charge in [-0.3, -0.25) is 14.3 Å². The normalized spacial score (nSPS) is 19.1. The van der Waals surface area contributed by atoms with Gasteiger partial charge in [-0.15, -0.1) is 0 Å². The van der Waals surface area contributed by atoms with Crippen LogP contribution in [0.1, 0.15) is 48.2 Å². The predicted octanol–water partition coefficient (Wildman–Crippen LogP) is 4.44. The molecule has 2 aromatic heterocycles.